The molecule has 0 aliphatic heterocycles. The summed E-state index contributed by atoms with van der Waals surface area (Å²) in [5.74, 6) is 1.07. The minimum absolute atomic E-state index is 0. The second kappa shape index (κ2) is 6.59. The first kappa shape index (κ1) is 12.2. The Bertz CT molecular complexity index is 88.6. The first-order chi connectivity index (χ1) is 3.68. The van der Waals surface area contributed by atoms with Crippen LogP contribution in [-0.2, 0) is 4.79 Å². The van der Waals surface area contributed by atoms with Crippen molar-refractivity contribution in [2.75, 3.05) is 0 Å². The fraction of sp³-hybridized carbons (Fsp3) is 0.750. The third-order valence-electron chi connectivity index (χ3n) is 0.663. The summed E-state index contributed by atoms with van der Waals surface area (Å²) in [6.45, 7) is 0. The van der Waals surface area contributed by atoms with Gasteiger partial charge in [-0.2, -0.15) is 0 Å². The maximum absolute atomic E-state index is 9.97. The van der Waals surface area contributed by atoms with E-state index in [0.29, 0.717) is 20.3 Å². The molecule has 0 aliphatic rings. The summed E-state index contributed by atoms with van der Waals surface area (Å²) in [6.07, 6.45) is 0. The van der Waals surface area contributed by atoms with Gasteiger partial charge in [0.25, 0.3) is 0 Å². The van der Waals surface area contributed by atoms with Crippen molar-refractivity contribution in [1.29, 1.82) is 0 Å². The van der Waals surface area contributed by atoms with Crippen LogP contribution in [0.3, 0.4) is 0 Å². The van der Waals surface area contributed by atoms with Gasteiger partial charge in [0.2, 0.25) is 0 Å². The number of carbonyl (C=O) groups is 1. The molecule has 0 bridgehead atoms. The number of aliphatic carboxylic acids is 1. The van der Waals surface area contributed by atoms with Crippen molar-refractivity contribution in [3.8, 4) is 0 Å². The van der Waals surface area contributed by atoms with E-state index in [0.717, 1.165) is 0 Å². The summed E-state index contributed by atoms with van der Waals surface area (Å²) >= 11 is 0.373. The molecule has 0 aromatic carbocycles. The van der Waals surface area contributed by atoms with Crippen molar-refractivity contribution in [2.45, 2.75) is 17.2 Å². The number of carboxylic acid groups (broad SMARTS) is 1. The molecule has 1 atom stereocenters. The average molecular weight is 263 g/mol. The van der Waals surface area contributed by atoms with Crippen LogP contribution in [0, 0.1) is 0 Å². The van der Waals surface area contributed by atoms with Crippen molar-refractivity contribution in [3.05, 3.63) is 0 Å². The molecular weight excluding hydrogens is 252 g/mol. The van der Waals surface area contributed by atoms with Crippen molar-refractivity contribution < 1.29 is 9.90 Å². The molecule has 0 unspecified atom stereocenters. The van der Waals surface area contributed by atoms with Crippen LogP contribution in [0.25, 0.3) is 0 Å². The quantitative estimate of drug-likeness (QED) is 0.619. The summed E-state index contributed by atoms with van der Waals surface area (Å²) in [5.41, 5.74) is 5.14. The molecule has 0 heterocycles. The third kappa shape index (κ3) is 6.35. The monoisotopic (exact) mass is 265 g/mol. The fourth-order valence-electron chi connectivity index (χ4n) is 0.251. The third-order valence-corrected chi connectivity index (χ3v) is 2.12. The Morgan fingerprint density at radius 2 is 2.33 bits per heavy atom. The van der Waals surface area contributed by atoms with Crippen LogP contribution in [0.1, 0.15) is 0 Å². The molecule has 0 saturated carbocycles. The van der Waals surface area contributed by atoms with E-state index < -0.39 is 12.0 Å². The molecule has 0 amide bonds. The Balaban J connectivity index is 0. The molecule has 0 aliphatic carbocycles. The van der Waals surface area contributed by atoms with Gasteiger partial charge in [-0.1, -0.05) is 0 Å². The van der Waals surface area contributed by atoms with Gasteiger partial charge in [0.15, 0.2) is 0 Å². The van der Waals surface area contributed by atoms with Gasteiger partial charge in [0.1, 0.15) is 0 Å². The molecule has 5 heteroatoms. The molecule has 56 valence electrons. The second-order valence-electron chi connectivity index (χ2n) is 1.40. The van der Waals surface area contributed by atoms with Crippen LogP contribution in [-0.4, -0.2) is 49.1 Å². The van der Waals surface area contributed by atoms with Crippen molar-refractivity contribution in [3.63, 3.8) is 0 Å². The predicted octanol–water partition coefficient (Wildman–Crippen LogP) is -1.35. The van der Waals surface area contributed by atoms with Crippen LogP contribution in [0.2, 0.25) is 11.1 Å². The Morgan fingerprint density at radius 1 is 1.89 bits per heavy atom. The molecule has 0 fully saturated rings. The van der Waals surface area contributed by atoms with Crippen LogP contribution < -0.4 is 5.73 Å². The Labute approximate surface area is 71.0 Å². The molecule has 3 N–H and O–H groups in total. The standard InChI is InChI=1S/C4H9NO2Se.H2Se/c1-8-2-3(5)4(6)7;/h3H,2,5H2,1H3,(H,6,7);1H2/t3-;/m0./s1. The topological polar surface area (TPSA) is 63.3 Å². The molecule has 9 heavy (non-hydrogen) atoms. The van der Waals surface area contributed by atoms with E-state index in [1.165, 1.54) is 0 Å². The van der Waals surface area contributed by atoms with E-state index in [9.17, 15) is 4.79 Å². The maximum atomic E-state index is 9.97. The zero-order valence-electron chi connectivity index (χ0n) is 5.13. The summed E-state index contributed by atoms with van der Waals surface area (Å²) in [6, 6.07) is -0.639. The Morgan fingerprint density at radius 3 is 2.44 bits per heavy atom. The van der Waals surface area contributed by atoms with Crippen LogP contribution in [0.15, 0.2) is 0 Å². The van der Waals surface area contributed by atoms with E-state index in [2.05, 4.69) is 0 Å². The van der Waals surface area contributed by atoms with E-state index in [1.54, 1.807) is 0 Å². The number of rotatable bonds is 3. The van der Waals surface area contributed by atoms with Gasteiger partial charge in [-0.25, -0.2) is 0 Å². The number of hydrogen-bond acceptors (Lipinski definition) is 2. The first-order valence-electron chi connectivity index (χ1n) is 2.15. The van der Waals surface area contributed by atoms with Crippen LogP contribution in [0.4, 0.5) is 0 Å². The SMILES string of the molecule is C[Se]C[C@H](N)C(=O)O.[SeH2]. The fourth-order valence-corrected chi connectivity index (χ4v) is 1.30. The Hall–Kier alpha value is 0.469. The van der Waals surface area contributed by atoms with Crippen LogP contribution in [0.5, 0.6) is 0 Å². The summed E-state index contributed by atoms with van der Waals surface area (Å²) < 4.78 is 0. The number of hydrogen-bond donors (Lipinski definition) is 2. The molecule has 3 nitrogen and oxygen atoms in total. The molecular formula is C4H11NO2Se2. The normalized spacial score (nSPS) is 11.8. The van der Waals surface area contributed by atoms with Crippen LogP contribution >= 0.6 is 0 Å². The van der Waals surface area contributed by atoms with Gasteiger partial charge in [-0.05, 0) is 0 Å². The van der Waals surface area contributed by atoms with E-state index in [1.807, 2.05) is 5.82 Å². The average Bonchev–Trinajstić information content (AvgIpc) is 1.67. The van der Waals surface area contributed by atoms with Crippen molar-refractivity contribution in [2.24, 2.45) is 5.73 Å². The number of nitrogens with two attached hydrogens (primary N) is 1. The van der Waals surface area contributed by atoms with E-state index >= 15 is 0 Å². The molecule has 0 spiro atoms. The summed E-state index contributed by atoms with van der Waals surface area (Å²) in [5, 5.41) is 8.83. The zero-order valence-corrected chi connectivity index (χ0v) is 8.94. The molecule has 0 radical (unpaired) electrons. The van der Waals surface area contributed by atoms with Gasteiger partial charge in [-0.15, -0.1) is 0 Å². The second-order valence-corrected chi connectivity index (χ2v) is 3.31. The van der Waals surface area contributed by atoms with Gasteiger partial charge in [-0.3, -0.25) is 0 Å². The number of carboxylic acids is 1. The molecule has 0 rings (SSSR count). The van der Waals surface area contributed by atoms with Gasteiger partial charge < -0.3 is 0 Å². The van der Waals surface area contributed by atoms with Gasteiger partial charge in [0.05, 0.1) is 0 Å². The van der Waals surface area contributed by atoms with E-state index in [-0.39, 0.29) is 17.1 Å². The summed E-state index contributed by atoms with van der Waals surface area (Å²) in [7, 11) is 0. The molecule has 0 aromatic rings. The first-order valence-corrected chi connectivity index (χ1v) is 5.08. The molecule has 0 aromatic heterocycles. The predicted molar refractivity (Wildman–Crippen MR) is 40.6 cm³/mol. The minimum atomic E-state index is -0.895. The molecule has 0 saturated heterocycles. The Kier molecular flexibility index (Phi) is 8.91. The van der Waals surface area contributed by atoms with Crippen molar-refractivity contribution in [1.82, 2.24) is 0 Å². The van der Waals surface area contributed by atoms with Crippen molar-refractivity contribution >= 4 is 38.0 Å². The van der Waals surface area contributed by atoms with E-state index in [4.69, 9.17) is 10.8 Å². The summed E-state index contributed by atoms with van der Waals surface area (Å²) in [4.78, 5) is 9.97. The van der Waals surface area contributed by atoms with Gasteiger partial charge in [0, 0.05) is 0 Å². The van der Waals surface area contributed by atoms with Gasteiger partial charge >= 0.3 is 70.8 Å². The zero-order chi connectivity index (χ0) is 6.57.